The van der Waals surface area contributed by atoms with Gasteiger partial charge in [0.05, 0.1) is 0 Å². The molecule has 0 aliphatic carbocycles. The first kappa shape index (κ1) is 28.2. The van der Waals surface area contributed by atoms with Crippen LogP contribution in [0.4, 0.5) is 20.1 Å². The fourth-order valence-corrected chi connectivity index (χ4v) is 4.17. The first-order valence-corrected chi connectivity index (χ1v) is 12.9. The summed E-state index contributed by atoms with van der Waals surface area (Å²) in [5.74, 6) is 0.741. The van der Waals surface area contributed by atoms with Gasteiger partial charge >= 0.3 is 23.9 Å². The summed E-state index contributed by atoms with van der Waals surface area (Å²) >= 11 is 0. The number of fused-ring (bicyclic) bond motifs is 1. The van der Waals surface area contributed by atoms with Crippen LogP contribution < -0.4 is 15.2 Å². The van der Waals surface area contributed by atoms with Crippen LogP contribution in [-0.4, -0.2) is 48.0 Å². The summed E-state index contributed by atoms with van der Waals surface area (Å²) in [6, 6.07) is 21.9. The van der Waals surface area contributed by atoms with Crippen LogP contribution in [0.25, 0.3) is 15.6 Å². The van der Waals surface area contributed by atoms with E-state index in [2.05, 4.69) is 21.0 Å². The summed E-state index contributed by atoms with van der Waals surface area (Å²) < 4.78 is 15.5. The van der Waals surface area contributed by atoms with Crippen molar-refractivity contribution < 1.29 is 33.7 Å². The van der Waals surface area contributed by atoms with Crippen molar-refractivity contribution in [1.29, 1.82) is 0 Å². The van der Waals surface area contributed by atoms with Gasteiger partial charge in [-0.1, -0.05) is 18.2 Å². The number of hydrogen-bond acceptors (Lipinski definition) is 7. The summed E-state index contributed by atoms with van der Waals surface area (Å²) in [7, 11) is 0. The van der Waals surface area contributed by atoms with Gasteiger partial charge in [-0.15, -0.1) is 0 Å². The van der Waals surface area contributed by atoms with Crippen molar-refractivity contribution in [2.24, 2.45) is 0 Å². The van der Waals surface area contributed by atoms with Crippen LogP contribution in [0, 0.1) is 6.07 Å². The van der Waals surface area contributed by atoms with Gasteiger partial charge < -0.3 is 34.3 Å². The van der Waals surface area contributed by atoms with Gasteiger partial charge in [0.2, 0.25) is 0 Å². The number of nitrogens with one attached hydrogen (secondary N) is 1. The van der Waals surface area contributed by atoms with Gasteiger partial charge in [-0.3, -0.25) is 0 Å². The molecule has 10 nitrogen and oxygen atoms in total. The third kappa shape index (κ3) is 8.36. The quantitative estimate of drug-likeness (QED) is 0.353. The fraction of sp³-hybridized carbons (Fsp3) is 0.333. The molecule has 10 heteroatoms. The van der Waals surface area contributed by atoms with Crippen molar-refractivity contribution in [3.63, 3.8) is 0 Å². The van der Waals surface area contributed by atoms with Crippen molar-refractivity contribution in [1.82, 2.24) is 10.2 Å². The monoisotopic (exact) mass is 545 g/mol. The highest BCUT2D eigenvalue weighted by atomic mass is 16.7. The minimum atomic E-state index is -1.91. The number of hydrogen-bond donors (Lipinski definition) is 1. The Kier molecular flexibility index (Phi) is 8.74. The predicted octanol–water partition coefficient (Wildman–Crippen LogP) is 5.20. The molecule has 0 bridgehead atoms. The summed E-state index contributed by atoms with van der Waals surface area (Å²) in [5, 5.41) is 14.6. The lowest BCUT2D eigenvalue weighted by molar-refractivity contribution is -0.274. The van der Waals surface area contributed by atoms with E-state index >= 15 is 0 Å². The number of ether oxygens (including phenoxy) is 3. The van der Waals surface area contributed by atoms with E-state index in [1.54, 1.807) is 4.90 Å². The molecule has 4 rings (SSSR count). The Morgan fingerprint density at radius 1 is 1.00 bits per heavy atom. The zero-order valence-electron chi connectivity index (χ0n) is 22.6. The minimum absolute atomic E-state index is 0.0251. The largest absolute Gasteiger partial charge is 0.490 e. The average molecular weight is 546 g/mol. The highest BCUT2D eigenvalue weighted by molar-refractivity contribution is 5.85. The third-order valence-electron chi connectivity index (χ3n) is 6.06. The number of alkyl carbamates (subject to hydrolysis) is 1. The van der Waals surface area contributed by atoms with Gasteiger partial charge in [-0.05, 0) is 72.3 Å². The molecule has 3 aromatic rings. The van der Waals surface area contributed by atoms with Crippen molar-refractivity contribution in [3.05, 3.63) is 76.6 Å². The molecule has 0 aromatic heterocycles. The van der Waals surface area contributed by atoms with E-state index in [1.807, 2.05) is 81.4 Å². The molecule has 1 fully saturated rings. The second-order valence-electron chi connectivity index (χ2n) is 10.4. The SMILES string of the molecule is CC(C)(C)OC(=O)N1CCC(Oc2ccc([N+]#Cc3ccc4ccc(CNC(=O)OC(=O)[O-])cc4c3)cc2)CC1. The van der Waals surface area contributed by atoms with Gasteiger partial charge in [0, 0.05) is 44.6 Å². The molecular formula is C30H31N3O7. The van der Waals surface area contributed by atoms with Gasteiger partial charge in [-0.2, -0.15) is 0 Å². The summed E-state index contributed by atoms with van der Waals surface area (Å²) in [6.07, 6.45) is -1.79. The molecule has 1 aliphatic rings. The van der Waals surface area contributed by atoms with Crippen molar-refractivity contribution in [3.8, 4) is 11.8 Å². The Labute approximate surface area is 232 Å². The average Bonchev–Trinajstić information content (AvgIpc) is 2.90. The Morgan fingerprint density at radius 3 is 2.38 bits per heavy atom. The van der Waals surface area contributed by atoms with E-state index in [9.17, 15) is 19.5 Å². The molecule has 0 spiro atoms. The van der Waals surface area contributed by atoms with Crippen molar-refractivity contribution >= 4 is 34.8 Å². The fourth-order valence-electron chi connectivity index (χ4n) is 4.17. The number of likely N-dealkylation sites (tertiary alicyclic amines) is 1. The Bertz CT molecular complexity index is 1440. The Morgan fingerprint density at radius 2 is 1.70 bits per heavy atom. The molecule has 208 valence electrons. The number of nitrogens with zero attached hydrogens (tertiary/aromatic N) is 2. The summed E-state index contributed by atoms with van der Waals surface area (Å²) in [5.41, 5.74) is 1.75. The minimum Gasteiger partial charge on any atom is -0.490 e. The number of amides is 2. The van der Waals surface area contributed by atoms with E-state index in [1.165, 1.54) is 0 Å². The molecule has 3 aromatic carbocycles. The van der Waals surface area contributed by atoms with Crippen LogP contribution in [0.2, 0.25) is 0 Å². The molecule has 0 unspecified atom stereocenters. The highest BCUT2D eigenvalue weighted by Gasteiger charge is 2.27. The molecule has 1 saturated heterocycles. The number of rotatable bonds is 4. The maximum absolute atomic E-state index is 12.2. The molecule has 0 atom stereocenters. The second-order valence-corrected chi connectivity index (χ2v) is 10.4. The molecule has 40 heavy (non-hydrogen) atoms. The Hall–Kier alpha value is -4.78. The van der Waals surface area contributed by atoms with Gasteiger partial charge in [0.1, 0.15) is 23.0 Å². The van der Waals surface area contributed by atoms with Crippen LogP contribution in [0.3, 0.4) is 0 Å². The number of carboxylic acid groups (broad SMARTS) is 1. The zero-order chi connectivity index (χ0) is 28.7. The molecular weight excluding hydrogens is 514 g/mol. The van der Waals surface area contributed by atoms with Crippen LogP contribution >= 0.6 is 0 Å². The second kappa shape index (κ2) is 12.4. The number of carbonyl (C=O) groups excluding carboxylic acids is 3. The lowest BCUT2D eigenvalue weighted by Crippen LogP contribution is -2.44. The van der Waals surface area contributed by atoms with Crippen LogP contribution in [0.15, 0.2) is 60.7 Å². The number of piperidine rings is 1. The van der Waals surface area contributed by atoms with E-state index in [4.69, 9.17) is 9.47 Å². The summed E-state index contributed by atoms with van der Waals surface area (Å²) in [4.78, 5) is 40.1. The van der Waals surface area contributed by atoms with Crippen molar-refractivity contribution in [2.45, 2.75) is 51.9 Å². The highest BCUT2D eigenvalue weighted by Crippen LogP contribution is 2.24. The third-order valence-corrected chi connectivity index (χ3v) is 6.06. The number of benzene rings is 3. The standard InChI is InChI=1S/C30H31N3O7/c1-30(2,3)40-28(35)33-14-12-26(13-15-33)38-25-10-8-24(9-11-25)31-18-20-4-6-22-7-5-21(17-23(22)16-20)19-32-27(34)39-29(36)37/h4-11,16-17,26H,12-15,19H2,1-3H3,(H-,32,34,36,37). The van der Waals surface area contributed by atoms with Crippen molar-refractivity contribution in [2.75, 3.05) is 13.1 Å². The van der Waals surface area contributed by atoms with Gasteiger partial charge in [-0.25, -0.2) is 9.59 Å². The smallest absolute Gasteiger partial charge is 0.410 e. The van der Waals surface area contributed by atoms with E-state index in [0.29, 0.717) is 13.1 Å². The molecule has 1 N–H and O–H groups in total. The van der Waals surface area contributed by atoms with Crippen LogP contribution in [-0.2, 0) is 16.0 Å². The van der Waals surface area contributed by atoms with E-state index in [-0.39, 0.29) is 18.7 Å². The topological polar surface area (TPSA) is 122 Å². The zero-order valence-corrected chi connectivity index (χ0v) is 22.6. The summed E-state index contributed by atoms with van der Waals surface area (Å²) in [6.45, 7) is 6.86. The van der Waals surface area contributed by atoms with E-state index < -0.39 is 17.8 Å². The van der Waals surface area contributed by atoms with Gasteiger partial charge in [0.25, 0.3) is 6.16 Å². The molecule has 0 radical (unpaired) electrons. The predicted molar refractivity (Wildman–Crippen MR) is 147 cm³/mol. The number of carbonyl (C=O) groups is 3. The van der Waals surface area contributed by atoms with E-state index in [0.717, 1.165) is 46.2 Å². The molecule has 1 heterocycles. The van der Waals surface area contributed by atoms with Crippen LogP contribution in [0.1, 0.15) is 44.7 Å². The lowest BCUT2D eigenvalue weighted by atomic mass is 10.0. The Balaban J connectivity index is 1.32. The lowest BCUT2D eigenvalue weighted by Gasteiger charge is -2.33. The molecule has 0 saturated carbocycles. The molecule has 1 aliphatic heterocycles. The normalized spacial score (nSPS) is 13.6. The first-order valence-electron chi connectivity index (χ1n) is 12.9. The maximum Gasteiger partial charge on any atom is 0.410 e. The van der Waals surface area contributed by atoms with Gasteiger partial charge in [0.15, 0.2) is 0 Å². The molecule has 2 amide bonds. The van der Waals surface area contributed by atoms with Crippen LogP contribution in [0.5, 0.6) is 5.75 Å². The maximum atomic E-state index is 12.2. The first-order chi connectivity index (χ1) is 19.0.